The van der Waals surface area contributed by atoms with Gasteiger partial charge >= 0.3 is 5.97 Å². The number of nitrogens with zero attached hydrogens (tertiary/aromatic N) is 3. The van der Waals surface area contributed by atoms with Crippen molar-refractivity contribution in [2.75, 3.05) is 13.1 Å². The number of cyclic esters (lactones) is 1. The molecule has 5 rings (SSSR count). The van der Waals surface area contributed by atoms with Crippen LogP contribution in [0.3, 0.4) is 0 Å². The lowest BCUT2D eigenvalue weighted by Crippen LogP contribution is -2.29. The highest BCUT2D eigenvalue weighted by Crippen LogP contribution is 2.47. The van der Waals surface area contributed by atoms with Crippen LogP contribution in [0.1, 0.15) is 86.9 Å². The smallest absolute Gasteiger partial charge is 0.340 e. The number of hydrogen-bond acceptors (Lipinski definition) is 3. The standard InChI is InChI=1S/C43H51N3O2/c1-11-16-21-34-31(8)45(14-4)32(9)40(34)37(41-33(10)46(15-5)39-25-20-18-23-36(39)41)28-43(29(6)26-27-30(7)44(12-2)13-3)38-24-19-17-22-35(38)42(47)48-43/h11,16-28H,8,12-15H2,1-7,9-10H3/b16-11-,29-26+,30-27+,34-21+,37-28-. The zero-order valence-corrected chi connectivity index (χ0v) is 30.3. The SMILES string of the molecule is C=c1/c(=C\C=C/C)c(/C(=C/C2(/C(C)=C/C=C(\C)N(CC)CC)OC(=O)c3ccccc32)c2c(C)n(CC)c3ccccc23)c(C)n1CC. The van der Waals surface area contributed by atoms with Gasteiger partial charge in [-0.3, -0.25) is 0 Å². The summed E-state index contributed by atoms with van der Waals surface area (Å²) in [7, 11) is 0. The molecule has 2 aromatic heterocycles. The molecule has 3 heterocycles. The Morgan fingerprint density at radius 1 is 0.896 bits per heavy atom. The van der Waals surface area contributed by atoms with E-state index < -0.39 is 5.60 Å². The minimum atomic E-state index is -1.13. The predicted octanol–water partition coefficient (Wildman–Crippen LogP) is 8.56. The van der Waals surface area contributed by atoms with E-state index in [4.69, 9.17) is 4.74 Å². The number of ether oxygens (including phenoxy) is 1. The summed E-state index contributed by atoms with van der Waals surface area (Å²) in [6.45, 7) is 27.4. The molecular formula is C43H51N3O2. The van der Waals surface area contributed by atoms with Gasteiger partial charge in [-0.05, 0) is 97.7 Å². The molecule has 0 bridgehead atoms. The second-order valence-electron chi connectivity index (χ2n) is 12.5. The summed E-state index contributed by atoms with van der Waals surface area (Å²) in [6, 6.07) is 16.5. The number of aromatic nitrogens is 2. The van der Waals surface area contributed by atoms with E-state index in [0.717, 1.165) is 70.3 Å². The van der Waals surface area contributed by atoms with Gasteiger partial charge < -0.3 is 18.8 Å². The lowest BCUT2D eigenvalue weighted by atomic mass is 9.81. The number of carbonyl (C=O) groups excluding carboxylic acids is 1. The monoisotopic (exact) mass is 641 g/mol. The van der Waals surface area contributed by atoms with Crippen molar-refractivity contribution in [3.63, 3.8) is 0 Å². The third-order valence-electron chi connectivity index (χ3n) is 10.1. The summed E-state index contributed by atoms with van der Waals surface area (Å²) >= 11 is 0. The fraction of sp³-hybridized carbons (Fsp3) is 0.326. The lowest BCUT2D eigenvalue weighted by Gasteiger charge is -2.29. The van der Waals surface area contributed by atoms with Crippen molar-refractivity contribution in [3.8, 4) is 0 Å². The van der Waals surface area contributed by atoms with Crippen LogP contribution in [0.15, 0.2) is 90.2 Å². The third kappa shape index (κ3) is 5.70. The van der Waals surface area contributed by atoms with E-state index in [1.807, 2.05) is 37.3 Å². The van der Waals surface area contributed by atoms with Crippen molar-refractivity contribution in [1.29, 1.82) is 0 Å². The Hall–Kier alpha value is -4.77. The molecule has 0 N–H and O–H groups in total. The van der Waals surface area contributed by atoms with Crippen LogP contribution in [0.4, 0.5) is 0 Å². The number of hydrogen-bond donors (Lipinski definition) is 0. The van der Waals surface area contributed by atoms with Crippen molar-refractivity contribution < 1.29 is 9.53 Å². The van der Waals surface area contributed by atoms with Crippen molar-refractivity contribution in [1.82, 2.24) is 14.0 Å². The number of rotatable bonds is 11. The zero-order valence-electron chi connectivity index (χ0n) is 30.3. The molecule has 250 valence electrons. The zero-order chi connectivity index (χ0) is 34.7. The molecule has 0 saturated heterocycles. The largest absolute Gasteiger partial charge is 0.442 e. The van der Waals surface area contributed by atoms with Crippen LogP contribution < -0.4 is 10.6 Å². The van der Waals surface area contributed by atoms with Gasteiger partial charge in [0.05, 0.1) is 5.56 Å². The van der Waals surface area contributed by atoms with Gasteiger partial charge in [-0.1, -0.05) is 67.3 Å². The summed E-state index contributed by atoms with van der Waals surface area (Å²) in [5.41, 5.74) is 9.17. The maximum absolute atomic E-state index is 13.8. The van der Waals surface area contributed by atoms with Gasteiger partial charge in [0.25, 0.3) is 0 Å². The molecule has 0 fully saturated rings. The number of fused-ring (bicyclic) bond motifs is 2. The van der Waals surface area contributed by atoms with Gasteiger partial charge in [-0.15, -0.1) is 0 Å². The number of benzene rings is 2. The molecule has 0 aliphatic carbocycles. The van der Waals surface area contributed by atoms with E-state index in [2.05, 4.69) is 131 Å². The fourth-order valence-electron chi connectivity index (χ4n) is 7.57. The number of para-hydroxylation sites is 1. The summed E-state index contributed by atoms with van der Waals surface area (Å²) in [5, 5.41) is 3.20. The number of aryl methyl sites for hydroxylation is 1. The average Bonchev–Trinajstić information content (AvgIpc) is 3.64. The molecule has 5 nitrogen and oxygen atoms in total. The van der Waals surface area contributed by atoms with Crippen LogP contribution in [0.2, 0.25) is 0 Å². The Kier molecular flexibility index (Phi) is 10.2. The van der Waals surface area contributed by atoms with Gasteiger partial charge in [0.2, 0.25) is 0 Å². The summed E-state index contributed by atoms with van der Waals surface area (Å²) in [5.74, 6) is -0.312. The molecular weight excluding hydrogens is 590 g/mol. The van der Waals surface area contributed by atoms with E-state index in [9.17, 15) is 4.79 Å². The Labute approximate surface area is 286 Å². The minimum Gasteiger partial charge on any atom is -0.442 e. The molecule has 2 aromatic carbocycles. The molecule has 1 aliphatic heterocycles. The third-order valence-corrected chi connectivity index (χ3v) is 10.1. The topological polar surface area (TPSA) is 39.4 Å². The summed E-state index contributed by atoms with van der Waals surface area (Å²) in [6.07, 6.45) is 12.8. The van der Waals surface area contributed by atoms with Crippen LogP contribution in [0, 0.1) is 13.8 Å². The first kappa shape index (κ1) is 34.6. The van der Waals surface area contributed by atoms with Gasteiger partial charge in [0, 0.05) is 81.4 Å². The first-order valence-electron chi connectivity index (χ1n) is 17.4. The highest BCUT2D eigenvalue weighted by molar-refractivity contribution is 6.01. The molecule has 1 aliphatic rings. The first-order chi connectivity index (χ1) is 23.1. The molecule has 48 heavy (non-hydrogen) atoms. The van der Waals surface area contributed by atoms with E-state index in [1.54, 1.807) is 0 Å². The second-order valence-corrected chi connectivity index (χ2v) is 12.5. The lowest BCUT2D eigenvalue weighted by molar-refractivity contribution is 0.0264. The van der Waals surface area contributed by atoms with Crippen molar-refractivity contribution in [2.24, 2.45) is 0 Å². The van der Waals surface area contributed by atoms with E-state index in [-0.39, 0.29) is 5.97 Å². The Morgan fingerprint density at radius 3 is 2.21 bits per heavy atom. The van der Waals surface area contributed by atoms with Crippen molar-refractivity contribution in [2.45, 2.75) is 81.0 Å². The highest BCUT2D eigenvalue weighted by atomic mass is 16.6. The van der Waals surface area contributed by atoms with Gasteiger partial charge in [-0.25, -0.2) is 4.79 Å². The van der Waals surface area contributed by atoms with Crippen LogP contribution in [-0.2, 0) is 23.4 Å². The molecule has 5 heteroatoms. The molecule has 1 unspecified atom stereocenters. The van der Waals surface area contributed by atoms with Crippen molar-refractivity contribution >= 4 is 35.1 Å². The summed E-state index contributed by atoms with van der Waals surface area (Å²) in [4.78, 5) is 16.1. The number of carbonyl (C=O) groups is 1. The van der Waals surface area contributed by atoms with Gasteiger partial charge in [-0.2, -0.15) is 0 Å². The van der Waals surface area contributed by atoms with Crippen LogP contribution in [-0.4, -0.2) is 33.1 Å². The number of esters is 1. The normalized spacial score (nSPS) is 17.6. The molecule has 0 amide bonds. The quantitative estimate of drug-likeness (QED) is 0.122. The molecule has 1 atom stereocenters. The average molecular weight is 642 g/mol. The maximum atomic E-state index is 13.8. The molecule has 0 radical (unpaired) electrons. The van der Waals surface area contributed by atoms with Crippen LogP contribution >= 0.6 is 0 Å². The van der Waals surface area contributed by atoms with Gasteiger partial charge in [0.15, 0.2) is 5.60 Å². The Balaban J connectivity index is 1.99. The predicted molar refractivity (Wildman–Crippen MR) is 202 cm³/mol. The summed E-state index contributed by atoms with van der Waals surface area (Å²) < 4.78 is 11.3. The second kappa shape index (κ2) is 14.1. The Morgan fingerprint density at radius 2 is 1.54 bits per heavy atom. The van der Waals surface area contributed by atoms with Crippen molar-refractivity contribution in [3.05, 3.63) is 134 Å². The maximum Gasteiger partial charge on any atom is 0.340 e. The van der Waals surface area contributed by atoms with Crippen LogP contribution in [0.5, 0.6) is 0 Å². The van der Waals surface area contributed by atoms with E-state index >= 15 is 0 Å². The van der Waals surface area contributed by atoms with Gasteiger partial charge in [0.1, 0.15) is 0 Å². The number of allylic oxidation sites excluding steroid dienone is 5. The molecule has 0 spiro atoms. The van der Waals surface area contributed by atoms with Crippen LogP contribution in [0.25, 0.3) is 29.1 Å². The van der Waals surface area contributed by atoms with E-state index in [1.165, 1.54) is 22.3 Å². The highest BCUT2D eigenvalue weighted by Gasteiger charge is 2.46. The fourth-order valence-corrected chi connectivity index (χ4v) is 7.57. The molecule has 0 saturated carbocycles. The first-order valence-corrected chi connectivity index (χ1v) is 17.4. The Bertz CT molecular complexity index is 2090. The molecule has 4 aromatic rings. The minimum absolute atomic E-state index is 0.312. The van der Waals surface area contributed by atoms with E-state index in [0.29, 0.717) is 5.56 Å².